The van der Waals surface area contributed by atoms with Crippen molar-refractivity contribution >= 4 is 0 Å². The minimum atomic E-state index is -0.222. The minimum absolute atomic E-state index is 0.204. The summed E-state index contributed by atoms with van der Waals surface area (Å²) >= 11 is 0. The molecule has 0 spiro atoms. The van der Waals surface area contributed by atoms with Crippen LogP contribution in [0.4, 0.5) is 4.39 Å². The maximum absolute atomic E-state index is 13.5. The van der Waals surface area contributed by atoms with Crippen molar-refractivity contribution in [3.63, 3.8) is 0 Å². The molecule has 0 amide bonds. The van der Waals surface area contributed by atoms with Crippen LogP contribution in [0.3, 0.4) is 0 Å². The molecule has 0 saturated heterocycles. The largest absolute Gasteiger partial charge is 0.324 e. The van der Waals surface area contributed by atoms with E-state index < -0.39 is 0 Å². The van der Waals surface area contributed by atoms with Gasteiger partial charge in [0.25, 0.3) is 0 Å². The highest BCUT2D eigenvalue weighted by Crippen LogP contribution is 2.19. The Bertz CT molecular complexity index is 519. The Kier molecular flexibility index (Phi) is 3.24. The van der Waals surface area contributed by atoms with E-state index in [9.17, 15) is 4.39 Å². The van der Waals surface area contributed by atoms with Gasteiger partial charge in [0.2, 0.25) is 0 Å². The number of aromatic nitrogens is 2. The Morgan fingerprint density at radius 1 is 1.41 bits per heavy atom. The lowest BCUT2D eigenvalue weighted by Gasteiger charge is -2.11. The van der Waals surface area contributed by atoms with Crippen LogP contribution in [0.2, 0.25) is 0 Å². The standard InChI is InChI=1S/C13H16FN3/c1-9-11(8-17(2)16-9)13(15)7-10-5-3-4-6-12(10)14/h3-6,8,13H,7,15H2,1-2H3. The molecule has 2 N–H and O–H groups in total. The quantitative estimate of drug-likeness (QED) is 0.882. The van der Waals surface area contributed by atoms with E-state index in [0.717, 1.165) is 11.3 Å². The third-order valence-corrected chi connectivity index (χ3v) is 2.85. The summed E-state index contributed by atoms with van der Waals surface area (Å²) in [5.74, 6) is -0.204. The third-order valence-electron chi connectivity index (χ3n) is 2.85. The van der Waals surface area contributed by atoms with Gasteiger partial charge in [0.1, 0.15) is 5.82 Å². The topological polar surface area (TPSA) is 43.8 Å². The van der Waals surface area contributed by atoms with Crippen LogP contribution in [0.5, 0.6) is 0 Å². The Hall–Kier alpha value is -1.68. The first-order valence-corrected chi connectivity index (χ1v) is 5.57. The van der Waals surface area contributed by atoms with Crippen LogP contribution in [0.15, 0.2) is 30.5 Å². The maximum Gasteiger partial charge on any atom is 0.126 e. The molecule has 0 aliphatic carbocycles. The summed E-state index contributed by atoms with van der Waals surface area (Å²) in [6, 6.07) is 6.50. The summed E-state index contributed by atoms with van der Waals surface area (Å²) < 4.78 is 15.2. The smallest absolute Gasteiger partial charge is 0.126 e. The van der Waals surface area contributed by atoms with Gasteiger partial charge in [-0.25, -0.2) is 4.39 Å². The van der Waals surface area contributed by atoms with E-state index in [1.165, 1.54) is 6.07 Å². The number of aryl methyl sites for hydroxylation is 2. The molecule has 0 aliphatic rings. The lowest BCUT2D eigenvalue weighted by atomic mass is 10.0. The highest BCUT2D eigenvalue weighted by atomic mass is 19.1. The zero-order valence-corrected chi connectivity index (χ0v) is 10.0. The fourth-order valence-electron chi connectivity index (χ4n) is 1.99. The first kappa shape index (κ1) is 11.8. The first-order chi connectivity index (χ1) is 8.08. The Balaban J connectivity index is 2.20. The molecule has 0 aliphatic heterocycles. The van der Waals surface area contributed by atoms with Crippen molar-refractivity contribution in [3.8, 4) is 0 Å². The zero-order chi connectivity index (χ0) is 12.4. The van der Waals surface area contributed by atoms with Gasteiger partial charge in [-0.15, -0.1) is 0 Å². The molecule has 2 aromatic rings. The van der Waals surface area contributed by atoms with E-state index in [1.54, 1.807) is 16.8 Å². The van der Waals surface area contributed by atoms with E-state index in [4.69, 9.17) is 5.73 Å². The van der Waals surface area contributed by atoms with Crippen molar-refractivity contribution in [1.29, 1.82) is 0 Å². The van der Waals surface area contributed by atoms with Crippen molar-refractivity contribution in [2.45, 2.75) is 19.4 Å². The average Bonchev–Trinajstić information content (AvgIpc) is 2.61. The molecular formula is C13H16FN3. The second-order valence-corrected chi connectivity index (χ2v) is 4.25. The van der Waals surface area contributed by atoms with Gasteiger partial charge in [0.05, 0.1) is 5.69 Å². The summed E-state index contributed by atoms with van der Waals surface area (Å²) in [7, 11) is 1.85. The Morgan fingerprint density at radius 2 is 2.12 bits per heavy atom. The number of benzene rings is 1. The molecule has 17 heavy (non-hydrogen) atoms. The molecule has 0 fully saturated rings. The van der Waals surface area contributed by atoms with E-state index >= 15 is 0 Å². The number of rotatable bonds is 3. The molecule has 1 aromatic carbocycles. The highest BCUT2D eigenvalue weighted by Gasteiger charge is 2.14. The fourth-order valence-corrected chi connectivity index (χ4v) is 1.99. The molecule has 1 heterocycles. The van der Waals surface area contributed by atoms with Crippen LogP contribution >= 0.6 is 0 Å². The van der Waals surface area contributed by atoms with Crippen molar-refractivity contribution < 1.29 is 4.39 Å². The second-order valence-electron chi connectivity index (χ2n) is 4.25. The zero-order valence-electron chi connectivity index (χ0n) is 10.0. The molecule has 3 nitrogen and oxygen atoms in total. The molecular weight excluding hydrogens is 217 g/mol. The molecule has 0 saturated carbocycles. The second kappa shape index (κ2) is 4.67. The minimum Gasteiger partial charge on any atom is -0.324 e. The van der Waals surface area contributed by atoms with Crippen LogP contribution in [0.1, 0.15) is 22.9 Å². The van der Waals surface area contributed by atoms with E-state index in [0.29, 0.717) is 12.0 Å². The van der Waals surface area contributed by atoms with Gasteiger partial charge in [0, 0.05) is 24.8 Å². The fraction of sp³-hybridized carbons (Fsp3) is 0.308. The van der Waals surface area contributed by atoms with Gasteiger partial charge in [0.15, 0.2) is 0 Å². The normalized spacial score (nSPS) is 12.7. The number of hydrogen-bond acceptors (Lipinski definition) is 2. The van der Waals surface area contributed by atoms with Crippen molar-refractivity contribution in [1.82, 2.24) is 9.78 Å². The van der Waals surface area contributed by atoms with Crippen LogP contribution in [0, 0.1) is 12.7 Å². The summed E-state index contributed by atoms with van der Waals surface area (Å²) in [4.78, 5) is 0. The number of halogens is 1. The van der Waals surface area contributed by atoms with Gasteiger partial charge < -0.3 is 5.73 Å². The first-order valence-electron chi connectivity index (χ1n) is 5.57. The number of nitrogens with zero attached hydrogens (tertiary/aromatic N) is 2. The highest BCUT2D eigenvalue weighted by molar-refractivity contribution is 5.25. The summed E-state index contributed by atoms with van der Waals surface area (Å²) in [5.41, 5.74) is 8.60. The number of nitrogens with two attached hydrogens (primary N) is 1. The van der Waals surface area contributed by atoms with E-state index in [2.05, 4.69) is 5.10 Å². The molecule has 90 valence electrons. The predicted octanol–water partition coefficient (Wildman–Crippen LogP) is 2.11. The van der Waals surface area contributed by atoms with Crippen molar-refractivity contribution in [2.75, 3.05) is 0 Å². The lowest BCUT2D eigenvalue weighted by Crippen LogP contribution is -2.14. The van der Waals surface area contributed by atoms with Crippen molar-refractivity contribution in [2.24, 2.45) is 12.8 Å². The van der Waals surface area contributed by atoms with Crippen LogP contribution in [-0.4, -0.2) is 9.78 Å². The summed E-state index contributed by atoms with van der Waals surface area (Å²) in [5, 5.41) is 4.24. The molecule has 0 radical (unpaired) electrons. The average molecular weight is 233 g/mol. The van der Waals surface area contributed by atoms with Crippen LogP contribution in [-0.2, 0) is 13.5 Å². The van der Waals surface area contributed by atoms with Gasteiger partial charge in [-0.05, 0) is 25.0 Å². The van der Waals surface area contributed by atoms with Crippen LogP contribution < -0.4 is 5.73 Å². The van der Waals surface area contributed by atoms with Gasteiger partial charge in [-0.3, -0.25) is 4.68 Å². The lowest BCUT2D eigenvalue weighted by molar-refractivity contribution is 0.592. The maximum atomic E-state index is 13.5. The van der Waals surface area contributed by atoms with Gasteiger partial charge in [-0.1, -0.05) is 18.2 Å². The predicted molar refractivity (Wildman–Crippen MR) is 65.0 cm³/mol. The van der Waals surface area contributed by atoms with E-state index in [-0.39, 0.29) is 11.9 Å². The number of hydrogen-bond donors (Lipinski definition) is 1. The molecule has 1 aromatic heterocycles. The summed E-state index contributed by atoms with van der Waals surface area (Å²) in [6.45, 7) is 1.91. The molecule has 2 rings (SSSR count). The monoisotopic (exact) mass is 233 g/mol. The third kappa shape index (κ3) is 2.53. The van der Waals surface area contributed by atoms with Gasteiger partial charge in [-0.2, -0.15) is 5.10 Å². The molecule has 4 heteroatoms. The van der Waals surface area contributed by atoms with E-state index in [1.807, 2.05) is 26.2 Å². The van der Waals surface area contributed by atoms with Gasteiger partial charge >= 0.3 is 0 Å². The Labute approximate surface area is 100 Å². The molecule has 1 atom stereocenters. The molecule has 0 bridgehead atoms. The SMILES string of the molecule is Cc1nn(C)cc1C(N)Cc1ccccc1F. The van der Waals surface area contributed by atoms with Crippen molar-refractivity contribution in [3.05, 3.63) is 53.1 Å². The Morgan fingerprint density at radius 3 is 2.71 bits per heavy atom. The molecule has 1 unspecified atom stereocenters. The summed E-state index contributed by atoms with van der Waals surface area (Å²) in [6.07, 6.45) is 2.38. The van der Waals surface area contributed by atoms with Crippen LogP contribution in [0.25, 0.3) is 0 Å².